The second-order valence-corrected chi connectivity index (χ2v) is 16.8. The number of nitrogens with one attached hydrogen (secondary N) is 1. The summed E-state index contributed by atoms with van der Waals surface area (Å²) in [6.45, 7) is 15.8. The molecule has 1 heterocycles. The number of aliphatic hydroxyl groups is 1. The van der Waals surface area contributed by atoms with E-state index in [0.29, 0.717) is 0 Å². The first kappa shape index (κ1) is 19.8. The number of hydrogen-bond donors (Lipinski definition) is 2. The third kappa shape index (κ3) is 6.09. The van der Waals surface area contributed by atoms with Gasteiger partial charge in [0.1, 0.15) is 6.04 Å². The molecule has 130 valence electrons. The van der Waals surface area contributed by atoms with Crippen LogP contribution in [0, 0.1) is 0 Å². The molecule has 0 aromatic carbocycles. The Kier molecular flexibility index (Phi) is 6.39. The second-order valence-electron chi connectivity index (χ2n) is 7.85. The summed E-state index contributed by atoms with van der Waals surface area (Å²) in [6, 6.07) is -0.623. The van der Waals surface area contributed by atoms with Crippen LogP contribution in [0.2, 0.25) is 39.3 Å². The molecule has 2 N–H and O–H groups in total. The zero-order valence-electron chi connectivity index (χ0n) is 15.0. The van der Waals surface area contributed by atoms with E-state index in [0.717, 1.165) is 0 Å². The maximum Gasteiger partial charge on any atom is 0.217 e. The third-order valence-electron chi connectivity index (χ3n) is 3.15. The summed E-state index contributed by atoms with van der Waals surface area (Å²) in [7, 11) is -3.73. The van der Waals surface area contributed by atoms with Gasteiger partial charge in [0.15, 0.2) is 22.9 Å². The molecule has 0 spiro atoms. The van der Waals surface area contributed by atoms with E-state index in [2.05, 4.69) is 44.6 Å². The van der Waals surface area contributed by atoms with Crippen LogP contribution in [0.4, 0.5) is 0 Å². The third-order valence-corrected chi connectivity index (χ3v) is 5.11. The Morgan fingerprint density at radius 2 is 1.50 bits per heavy atom. The van der Waals surface area contributed by atoms with Crippen LogP contribution in [0.3, 0.4) is 0 Å². The molecule has 1 aliphatic heterocycles. The van der Waals surface area contributed by atoms with Gasteiger partial charge in [-0.2, -0.15) is 0 Å². The van der Waals surface area contributed by atoms with Crippen molar-refractivity contribution in [2.24, 2.45) is 0 Å². The van der Waals surface area contributed by atoms with Crippen LogP contribution in [0.15, 0.2) is 0 Å². The molecule has 0 bridgehead atoms. The molecule has 1 fully saturated rings. The zero-order valence-corrected chi connectivity index (χ0v) is 17.0. The Hall–Kier alpha value is -0.256. The van der Waals surface area contributed by atoms with Crippen molar-refractivity contribution in [3.05, 3.63) is 0 Å². The summed E-state index contributed by atoms with van der Waals surface area (Å²) in [5.41, 5.74) is 0. The maximum absolute atomic E-state index is 11.5. The molecule has 0 aromatic rings. The van der Waals surface area contributed by atoms with Gasteiger partial charge in [-0.1, -0.05) is 0 Å². The highest BCUT2D eigenvalue weighted by atomic mass is 28.4. The van der Waals surface area contributed by atoms with Crippen LogP contribution in [-0.4, -0.2) is 58.3 Å². The molecule has 22 heavy (non-hydrogen) atoms. The predicted octanol–water partition coefficient (Wildman–Crippen LogP) is 1.67. The topological polar surface area (TPSA) is 77.0 Å². The average molecular weight is 350 g/mol. The Morgan fingerprint density at radius 3 is 1.91 bits per heavy atom. The predicted molar refractivity (Wildman–Crippen MR) is 90.6 cm³/mol. The highest BCUT2D eigenvalue weighted by Gasteiger charge is 2.48. The van der Waals surface area contributed by atoms with Crippen LogP contribution >= 0.6 is 0 Å². The molecule has 8 heteroatoms. The molecule has 0 aromatic heterocycles. The summed E-state index contributed by atoms with van der Waals surface area (Å²) in [4.78, 5) is 11.5. The molecule has 1 saturated heterocycles. The minimum atomic E-state index is -1.90. The summed E-state index contributed by atoms with van der Waals surface area (Å²) < 4.78 is 18.1. The first-order chi connectivity index (χ1) is 9.80. The van der Waals surface area contributed by atoms with E-state index >= 15 is 0 Å². The van der Waals surface area contributed by atoms with Gasteiger partial charge in [0.2, 0.25) is 5.91 Å². The highest BCUT2D eigenvalue weighted by molar-refractivity contribution is 6.70. The standard InChI is InChI=1S/C14H31NO5Si2/c1-9-12(19-21(3,4)5)13(20-22(6,7)8)11(14(17)18-9)15-10(2)16/h9,11-14,17H,1-8H3,(H,15,16)/t9-,11-,12-,13-,14+/m1/s1. The highest BCUT2D eigenvalue weighted by Crippen LogP contribution is 2.29. The van der Waals surface area contributed by atoms with E-state index in [1.165, 1.54) is 6.92 Å². The van der Waals surface area contributed by atoms with Crippen LogP contribution in [-0.2, 0) is 18.4 Å². The largest absolute Gasteiger partial charge is 0.410 e. The summed E-state index contributed by atoms with van der Waals surface area (Å²) in [6.07, 6.45) is -2.12. The van der Waals surface area contributed by atoms with Crippen LogP contribution in [0.25, 0.3) is 0 Å². The molecule has 5 atom stereocenters. The number of carbonyl (C=O) groups is 1. The van der Waals surface area contributed by atoms with Crippen molar-refractivity contribution in [1.82, 2.24) is 5.32 Å². The fourth-order valence-electron chi connectivity index (χ4n) is 2.52. The van der Waals surface area contributed by atoms with Gasteiger partial charge in [-0.05, 0) is 46.2 Å². The van der Waals surface area contributed by atoms with Crippen molar-refractivity contribution in [3.8, 4) is 0 Å². The molecule has 1 amide bonds. The Morgan fingerprint density at radius 1 is 1.05 bits per heavy atom. The molecule has 1 rings (SSSR count). The van der Waals surface area contributed by atoms with Crippen LogP contribution in [0.1, 0.15) is 13.8 Å². The number of carbonyl (C=O) groups excluding carboxylic acids is 1. The quantitative estimate of drug-likeness (QED) is 0.738. The molecular formula is C14H31NO5Si2. The van der Waals surface area contributed by atoms with Crippen LogP contribution in [0.5, 0.6) is 0 Å². The molecule has 0 saturated carbocycles. The SMILES string of the molecule is CC(=O)N[C@@H]1[C@@H](O[Si](C)(C)C)[C@H](O[Si](C)(C)C)[C@@H](C)O[C@@H]1O. The van der Waals surface area contributed by atoms with Crippen molar-refractivity contribution >= 4 is 22.5 Å². The van der Waals surface area contributed by atoms with Gasteiger partial charge in [0, 0.05) is 6.92 Å². The summed E-state index contributed by atoms with van der Waals surface area (Å²) in [5.74, 6) is -0.224. The van der Waals surface area contributed by atoms with Gasteiger partial charge >= 0.3 is 0 Å². The number of aliphatic hydroxyl groups excluding tert-OH is 1. The van der Waals surface area contributed by atoms with E-state index in [1.54, 1.807) is 0 Å². The van der Waals surface area contributed by atoms with E-state index in [1.807, 2.05) is 6.92 Å². The van der Waals surface area contributed by atoms with Gasteiger partial charge in [-0.15, -0.1) is 0 Å². The number of amides is 1. The Bertz CT molecular complexity index is 394. The molecule has 0 unspecified atom stereocenters. The van der Waals surface area contributed by atoms with Crippen molar-refractivity contribution in [1.29, 1.82) is 0 Å². The molecule has 0 aliphatic carbocycles. The Balaban J connectivity index is 3.10. The maximum atomic E-state index is 11.5. The second kappa shape index (κ2) is 7.10. The van der Waals surface area contributed by atoms with Gasteiger partial charge in [0.05, 0.1) is 18.3 Å². The lowest BCUT2D eigenvalue weighted by molar-refractivity contribution is -0.235. The van der Waals surface area contributed by atoms with Crippen molar-refractivity contribution in [2.45, 2.75) is 83.8 Å². The smallest absolute Gasteiger partial charge is 0.217 e. The van der Waals surface area contributed by atoms with Gasteiger partial charge < -0.3 is 24.0 Å². The summed E-state index contributed by atoms with van der Waals surface area (Å²) in [5, 5.41) is 13.0. The minimum Gasteiger partial charge on any atom is -0.410 e. The lowest BCUT2D eigenvalue weighted by atomic mass is 9.97. The normalized spacial score (nSPS) is 33.6. The fraction of sp³-hybridized carbons (Fsp3) is 0.929. The van der Waals surface area contributed by atoms with E-state index in [9.17, 15) is 9.90 Å². The van der Waals surface area contributed by atoms with E-state index in [-0.39, 0.29) is 18.1 Å². The number of hydrogen-bond acceptors (Lipinski definition) is 5. The van der Waals surface area contributed by atoms with Gasteiger partial charge in [-0.25, -0.2) is 0 Å². The van der Waals surface area contributed by atoms with Gasteiger partial charge in [0.25, 0.3) is 0 Å². The van der Waals surface area contributed by atoms with E-state index < -0.39 is 35.1 Å². The van der Waals surface area contributed by atoms with Crippen molar-refractivity contribution < 1.29 is 23.5 Å². The minimum absolute atomic E-state index is 0.224. The van der Waals surface area contributed by atoms with Crippen molar-refractivity contribution in [3.63, 3.8) is 0 Å². The lowest BCUT2D eigenvalue weighted by Crippen LogP contribution is -2.66. The summed E-state index contributed by atoms with van der Waals surface area (Å²) >= 11 is 0. The Labute approximate surface area is 135 Å². The average Bonchev–Trinajstić information content (AvgIpc) is 2.25. The zero-order chi connectivity index (χ0) is 17.3. The lowest BCUT2D eigenvalue weighted by Gasteiger charge is -2.47. The number of rotatable bonds is 5. The first-order valence-electron chi connectivity index (χ1n) is 7.76. The molecular weight excluding hydrogens is 318 g/mol. The van der Waals surface area contributed by atoms with Crippen LogP contribution < -0.4 is 5.32 Å². The first-order valence-corrected chi connectivity index (χ1v) is 14.6. The monoisotopic (exact) mass is 349 g/mol. The molecule has 0 radical (unpaired) electrons. The van der Waals surface area contributed by atoms with Gasteiger partial charge in [-0.3, -0.25) is 4.79 Å². The van der Waals surface area contributed by atoms with E-state index in [4.69, 9.17) is 13.6 Å². The number of ether oxygens (including phenoxy) is 1. The van der Waals surface area contributed by atoms with Crippen molar-refractivity contribution in [2.75, 3.05) is 0 Å². The fourth-order valence-corrected chi connectivity index (χ4v) is 4.76. The molecule has 1 aliphatic rings. The molecule has 6 nitrogen and oxygen atoms in total.